The van der Waals surface area contributed by atoms with Crippen LogP contribution >= 0.6 is 11.3 Å². The second-order valence-electron chi connectivity index (χ2n) is 3.89. The van der Waals surface area contributed by atoms with Crippen LogP contribution in [-0.2, 0) is 17.7 Å². The molecule has 0 radical (unpaired) electrons. The van der Waals surface area contributed by atoms with Crippen LogP contribution in [0, 0.1) is 0 Å². The Bertz CT molecular complexity index is 304. The number of aryl methyl sites for hydroxylation is 1. The fourth-order valence-corrected chi connectivity index (χ4v) is 2.27. The van der Waals surface area contributed by atoms with Gasteiger partial charge in [-0.2, -0.15) is 0 Å². The fraction of sp³-hybridized carbons (Fsp3) is 0.727. The van der Waals surface area contributed by atoms with E-state index in [1.54, 1.807) is 18.4 Å². The molecule has 92 valence electrons. The summed E-state index contributed by atoms with van der Waals surface area (Å²) in [5, 5.41) is 12.8. The summed E-state index contributed by atoms with van der Waals surface area (Å²) in [5.74, 6) is 0. The van der Waals surface area contributed by atoms with Gasteiger partial charge in [0.15, 0.2) is 0 Å². The molecule has 0 aliphatic heterocycles. The van der Waals surface area contributed by atoms with Crippen molar-refractivity contribution in [2.45, 2.75) is 26.0 Å². The number of aliphatic hydroxyl groups excluding tert-OH is 1. The third-order valence-electron chi connectivity index (χ3n) is 2.22. The van der Waals surface area contributed by atoms with E-state index in [1.807, 2.05) is 7.05 Å². The first-order valence-corrected chi connectivity index (χ1v) is 6.32. The van der Waals surface area contributed by atoms with E-state index in [1.165, 1.54) is 5.01 Å². The first kappa shape index (κ1) is 13.6. The van der Waals surface area contributed by atoms with Crippen LogP contribution in [0.5, 0.6) is 0 Å². The lowest BCUT2D eigenvalue weighted by Gasteiger charge is -2.18. The summed E-state index contributed by atoms with van der Waals surface area (Å²) in [6.45, 7) is 3.86. The minimum atomic E-state index is -0.431. The highest BCUT2D eigenvalue weighted by Gasteiger charge is 2.09. The second kappa shape index (κ2) is 6.96. The Morgan fingerprint density at radius 3 is 2.94 bits per heavy atom. The van der Waals surface area contributed by atoms with Gasteiger partial charge in [-0.05, 0) is 13.5 Å². The van der Waals surface area contributed by atoms with Crippen LogP contribution in [0.15, 0.2) is 5.38 Å². The second-order valence-corrected chi connectivity index (χ2v) is 4.83. The van der Waals surface area contributed by atoms with Gasteiger partial charge in [-0.15, -0.1) is 11.3 Å². The van der Waals surface area contributed by atoms with E-state index >= 15 is 0 Å². The van der Waals surface area contributed by atoms with Crippen molar-refractivity contribution in [3.05, 3.63) is 16.1 Å². The lowest BCUT2D eigenvalue weighted by molar-refractivity contribution is 0.0417. The zero-order valence-corrected chi connectivity index (χ0v) is 11.0. The predicted octanol–water partition coefficient (Wildman–Crippen LogP) is 1.14. The number of thiazole rings is 1. The van der Waals surface area contributed by atoms with Crippen molar-refractivity contribution in [2.24, 2.45) is 0 Å². The van der Waals surface area contributed by atoms with Crippen molar-refractivity contribution in [2.75, 3.05) is 27.3 Å². The first-order chi connectivity index (χ1) is 7.65. The molecule has 1 aromatic heterocycles. The van der Waals surface area contributed by atoms with Crippen molar-refractivity contribution < 1.29 is 9.84 Å². The monoisotopic (exact) mass is 244 g/mol. The van der Waals surface area contributed by atoms with Crippen molar-refractivity contribution in [1.82, 2.24) is 9.88 Å². The highest BCUT2D eigenvalue weighted by atomic mass is 32.1. The molecule has 0 amide bonds. The van der Waals surface area contributed by atoms with Crippen LogP contribution in [0.3, 0.4) is 0 Å². The van der Waals surface area contributed by atoms with Gasteiger partial charge in [0.25, 0.3) is 0 Å². The molecule has 4 nitrogen and oxygen atoms in total. The molecule has 0 spiro atoms. The number of aromatic nitrogens is 1. The Morgan fingerprint density at radius 2 is 2.38 bits per heavy atom. The Hall–Kier alpha value is -0.490. The van der Waals surface area contributed by atoms with Gasteiger partial charge >= 0.3 is 0 Å². The Labute approximate surface area is 101 Å². The Kier molecular flexibility index (Phi) is 5.90. The number of rotatable bonds is 7. The van der Waals surface area contributed by atoms with E-state index in [-0.39, 0.29) is 0 Å². The van der Waals surface area contributed by atoms with E-state index in [2.05, 4.69) is 22.2 Å². The summed E-state index contributed by atoms with van der Waals surface area (Å²) in [4.78, 5) is 6.54. The normalized spacial score (nSPS) is 13.3. The van der Waals surface area contributed by atoms with E-state index in [0.29, 0.717) is 13.2 Å². The largest absolute Gasteiger partial charge is 0.389 e. The summed E-state index contributed by atoms with van der Waals surface area (Å²) < 4.78 is 4.89. The highest BCUT2D eigenvalue weighted by Crippen LogP contribution is 2.11. The predicted molar refractivity (Wildman–Crippen MR) is 65.7 cm³/mol. The van der Waals surface area contributed by atoms with Gasteiger partial charge in [-0.1, -0.05) is 6.92 Å². The van der Waals surface area contributed by atoms with E-state index in [9.17, 15) is 5.11 Å². The maximum Gasteiger partial charge on any atom is 0.0926 e. The zero-order chi connectivity index (χ0) is 12.0. The number of aliphatic hydroxyl groups is 1. The lowest BCUT2D eigenvalue weighted by atomic mass is 10.3. The average molecular weight is 244 g/mol. The Morgan fingerprint density at radius 1 is 1.62 bits per heavy atom. The molecule has 1 rings (SSSR count). The van der Waals surface area contributed by atoms with Crippen molar-refractivity contribution in [1.29, 1.82) is 0 Å². The summed E-state index contributed by atoms with van der Waals surface area (Å²) >= 11 is 1.70. The Balaban J connectivity index is 2.35. The van der Waals surface area contributed by atoms with Gasteiger partial charge in [-0.25, -0.2) is 4.98 Å². The summed E-state index contributed by atoms with van der Waals surface area (Å²) in [5.41, 5.74) is 1.08. The van der Waals surface area contributed by atoms with Crippen LogP contribution in [0.1, 0.15) is 17.6 Å². The van der Waals surface area contributed by atoms with Crippen LogP contribution in [0.4, 0.5) is 0 Å². The molecule has 0 saturated carbocycles. The van der Waals surface area contributed by atoms with Gasteiger partial charge < -0.3 is 9.84 Å². The summed E-state index contributed by atoms with van der Waals surface area (Å²) in [7, 11) is 3.57. The molecule has 0 aromatic carbocycles. The van der Waals surface area contributed by atoms with Gasteiger partial charge in [-0.3, -0.25) is 4.90 Å². The van der Waals surface area contributed by atoms with Crippen molar-refractivity contribution in [3.63, 3.8) is 0 Å². The highest BCUT2D eigenvalue weighted by molar-refractivity contribution is 7.09. The van der Waals surface area contributed by atoms with E-state index < -0.39 is 6.10 Å². The maximum absolute atomic E-state index is 9.56. The molecule has 0 fully saturated rings. The van der Waals surface area contributed by atoms with Crippen molar-refractivity contribution >= 4 is 11.3 Å². The maximum atomic E-state index is 9.56. The standard InChI is InChI=1S/C11H20N2O2S/c1-4-11-12-9(8-16-11)5-13(2)6-10(14)7-15-3/h8,10,14H,4-7H2,1-3H3. The molecule has 1 aromatic rings. The van der Waals surface area contributed by atoms with Gasteiger partial charge in [0, 0.05) is 25.6 Å². The van der Waals surface area contributed by atoms with Crippen LogP contribution < -0.4 is 0 Å². The van der Waals surface area contributed by atoms with Gasteiger partial charge in [0.2, 0.25) is 0 Å². The molecule has 16 heavy (non-hydrogen) atoms. The molecule has 0 bridgehead atoms. The van der Waals surface area contributed by atoms with Crippen LogP contribution in [-0.4, -0.2) is 48.4 Å². The molecule has 1 atom stereocenters. The third-order valence-corrected chi connectivity index (χ3v) is 3.26. The molecule has 1 N–H and O–H groups in total. The minimum Gasteiger partial charge on any atom is -0.389 e. The summed E-state index contributed by atoms with van der Waals surface area (Å²) in [6, 6.07) is 0. The smallest absolute Gasteiger partial charge is 0.0926 e. The quantitative estimate of drug-likeness (QED) is 0.781. The number of nitrogens with zero attached hydrogens (tertiary/aromatic N) is 2. The molecule has 0 aliphatic carbocycles. The molecule has 1 heterocycles. The molecule has 0 aliphatic rings. The topological polar surface area (TPSA) is 45.6 Å². The fourth-order valence-electron chi connectivity index (χ4n) is 1.53. The minimum absolute atomic E-state index is 0.377. The number of likely N-dealkylation sites (N-methyl/N-ethyl adjacent to an activating group) is 1. The van der Waals surface area contributed by atoms with Crippen LogP contribution in [0.2, 0.25) is 0 Å². The summed E-state index contributed by atoms with van der Waals surface area (Å²) in [6.07, 6.45) is 0.556. The first-order valence-electron chi connectivity index (χ1n) is 5.44. The van der Waals surface area contributed by atoms with E-state index in [0.717, 1.165) is 18.7 Å². The molecule has 0 saturated heterocycles. The van der Waals surface area contributed by atoms with Gasteiger partial charge in [0.05, 0.1) is 23.4 Å². The number of hydrogen-bond acceptors (Lipinski definition) is 5. The molecule has 5 heteroatoms. The van der Waals surface area contributed by atoms with Crippen LogP contribution in [0.25, 0.3) is 0 Å². The van der Waals surface area contributed by atoms with E-state index in [4.69, 9.17) is 4.74 Å². The molecular weight excluding hydrogens is 224 g/mol. The number of hydrogen-bond donors (Lipinski definition) is 1. The SMILES string of the molecule is CCc1nc(CN(C)CC(O)COC)cs1. The third kappa shape index (κ3) is 4.57. The zero-order valence-electron chi connectivity index (χ0n) is 10.1. The molecule has 1 unspecified atom stereocenters. The van der Waals surface area contributed by atoms with Gasteiger partial charge in [0.1, 0.15) is 0 Å². The number of ether oxygens (including phenoxy) is 1. The number of methoxy groups -OCH3 is 1. The van der Waals surface area contributed by atoms with Crippen molar-refractivity contribution in [3.8, 4) is 0 Å². The molecular formula is C11H20N2O2S. The average Bonchev–Trinajstić information content (AvgIpc) is 2.65. The lowest BCUT2D eigenvalue weighted by Crippen LogP contribution is -2.31.